The highest BCUT2D eigenvalue weighted by molar-refractivity contribution is 7.13. The number of hydrogen-bond donors (Lipinski definition) is 2. The fraction of sp³-hybridized carbons (Fsp3) is 0.562. The van der Waals surface area contributed by atoms with E-state index in [2.05, 4.69) is 33.1 Å². The van der Waals surface area contributed by atoms with Crippen molar-refractivity contribution >= 4 is 22.4 Å². The minimum atomic E-state index is 0.0798. The van der Waals surface area contributed by atoms with Gasteiger partial charge in [0.15, 0.2) is 5.13 Å². The predicted molar refractivity (Wildman–Crippen MR) is 91.2 cm³/mol. The lowest BCUT2D eigenvalue weighted by atomic mass is 10.1. The molecule has 3 N–H and O–H groups in total. The van der Waals surface area contributed by atoms with Gasteiger partial charge in [0.05, 0.1) is 11.4 Å². The van der Waals surface area contributed by atoms with Crippen LogP contribution in [0.3, 0.4) is 0 Å². The van der Waals surface area contributed by atoms with E-state index in [9.17, 15) is 4.79 Å². The first-order chi connectivity index (χ1) is 11.0. The van der Waals surface area contributed by atoms with E-state index in [1.807, 2.05) is 12.3 Å². The molecule has 124 valence electrons. The molecule has 0 unspecified atom stereocenters. The van der Waals surface area contributed by atoms with Crippen molar-refractivity contribution in [3.63, 3.8) is 0 Å². The number of nitrogens with one attached hydrogen (secondary N) is 1. The number of hydrogen-bond acceptors (Lipinski definition) is 5. The lowest BCUT2D eigenvalue weighted by Crippen LogP contribution is -2.32. The van der Waals surface area contributed by atoms with Gasteiger partial charge in [-0.1, -0.05) is 0 Å². The van der Waals surface area contributed by atoms with Crippen LogP contribution in [0.15, 0.2) is 11.4 Å². The number of nitrogen functional groups attached to an aromatic ring is 1. The minimum Gasteiger partial charge on any atom is -0.375 e. The number of nitrogens with two attached hydrogens (primary N) is 1. The Morgan fingerprint density at radius 2 is 2.26 bits per heavy atom. The number of carbonyl (C=O) groups is 1. The summed E-state index contributed by atoms with van der Waals surface area (Å²) in [5, 5.41) is 10.1. The van der Waals surface area contributed by atoms with Gasteiger partial charge < -0.3 is 11.1 Å². The highest BCUT2D eigenvalue weighted by Crippen LogP contribution is 2.46. The van der Waals surface area contributed by atoms with Crippen molar-refractivity contribution < 1.29 is 4.79 Å². The van der Waals surface area contributed by atoms with Crippen LogP contribution in [0.25, 0.3) is 0 Å². The van der Waals surface area contributed by atoms with Crippen molar-refractivity contribution in [2.45, 2.75) is 46.1 Å². The molecule has 0 aliphatic heterocycles. The summed E-state index contributed by atoms with van der Waals surface area (Å²) in [4.78, 5) is 16.2. The van der Waals surface area contributed by atoms with Crippen molar-refractivity contribution in [1.82, 2.24) is 20.1 Å². The van der Waals surface area contributed by atoms with Gasteiger partial charge in [0, 0.05) is 36.0 Å². The Hall–Kier alpha value is -1.89. The van der Waals surface area contributed by atoms with E-state index in [0.29, 0.717) is 18.0 Å². The third-order valence-electron chi connectivity index (χ3n) is 4.38. The van der Waals surface area contributed by atoms with Crippen LogP contribution in [0, 0.1) is 19.3 Å². The van der Waals surface area contributed by atoms with Crippen LogP contribution in [-0.2, 0) is 17.8 Å². The number of aryl methyl sites for hydroxylation is 3. The van der Waals surface area contributed by atoms with Crippen molar-refractivity contribution in [3.8, 4) is 0 Å². The predicted octanol–water partition coefficient (Wildman–Crippen LogP) is 2.07. The first-order valence-electron chi connectivity index (χ1n) is 7.93. The number of nitrogens with zero attached hydrogens (tertiary/aromatic N) is 3. The number of thiazole rings is 1. The summed E-state index contributed by atoms with van der Waals surface area (Å²) in [5.41, 5.74) is 8.90. The summed E-state index contributed by atoms with van der Waals surface area (Å²) in [5.74, 6) is 0.0798. The molecule has 1 fully saturated rings. The molecule has 23 heavy (non-hydrogen) atoms. The lowest BCUT2D eigenvalue weighted by molar-refractivity contribution is -0.121. The smallest absolute Gasteiger partial charge is 0.220 e. The van der Waals surface area contributed by atoms with Crippen LogP contribution in [0.5, 0.6) is 0 Å². The van der Waals surface area contributed by atoms with Gasteiger partial charge in [-0.05, 0) is 39.2 Å². The van der Waals surface area contributed by atoms with Crippen molar-refractivity contribution in [1.29, 1.82) is 0 Å². The number of anilines is 1. The largest absolute Gasteiger partial charge is 0.375 e. The zero-order valence-electron chi connectivity index (χ0n) is 13.6. The Bertz CT molecular complexity index is 701. The van der Waals surface area contributed by atoms with Gasteiger partial charge in [-0.3, -0.25) is 9.48 Å². The first kappa shape index (κ1) is 16.0. The second-order valence-electron chi connectivity index (χ2n) is 6.54. The van der Waals surface area contributed by atoms with E-state index in [0.717, 1.165) is 37.3 Å². The maximum absolute atomic E-state index is 12.0. The molecule has 2 aromatic rings. The van der Waals surface area contributed by atoms with E-state index >= 15 is 0 Å². The number of rotatable bonds is 7. The zero-order valence-corrected chi connectivity index (χ0v) is 14.4. The van der Waals surface area contributed by atoms with Gasteiger partial charge in [0.1, 0.15) is 0 Å². The van der Waals surface area contributed by atoms with Crippen LogP contribution < -0.4 is 11.1 Å². The number of carbonyl (C=O) groups excluding carboxylic acids is 1. The molecule has 3 rings (SSSR count). The molecule has 2 heterocycles. The van der Waals surface area contributed by atoms with Crippen molar-refractivity contribution in [3.05, 3.63) is 28.5 Å². The molecular weight excluding hydrogens is 310 g/mol. The highest BCUT2D eigenvalue weighted by atomic mass is 32.1. The van der Waals surface area contributed by atoms with Gasteiger partial charge in [0.2, 0.25) is 5.91 Å². The van der Waals surface area contributed by atoms with Crippen LogP contribution in [-0.4, -0.2) is 27.2 Å². The average Bonchev–Trinajstić information content (AvgIpc) is 3.02. The molecule has 7 heteroatoms. The molecule has 0 atom stereocenters. The minimum absolute atomic E-state index is 0.0798. The number of aromatic nitrogens is 3. The quantitative estimate of drug-likeness (QED) is 0.812. The van der Waals surface area contributed by atoms with Gasteiger partial charge >= 0.3 is 0 Å². The number of amides is 1. The van der Waals surface area contributed by atoms with Crippen molar-refractivity contribution in [2.75, 3.05) is 12.3 Å². The Morgan fingerprint density at radius 1 is 1.48 bits per heavy atom. The third-order valence-corrected chi connectivity index (χ3v) is 5.11. The van der Waals surface area contributed by atoms with Gasteiger partial charge in [-0.25, -0.2) is 4.98 Å². The van der Waals surface area contributed by atoms with Crippen LogP contribution in [0.4, 0.5) is 5.13 Å². The molecule has 6 nitrogen and oxygen atoms in total. The molecule has 1 amide bonds. The molecule has 0 aromatic carbocycles. The van der Waals surface area contributed by atoms with E-state index < -0.39 is 0 Å². The summed E-state index contributed by atoms with van der Waals surface area (Å²) in [6, 6.07) is 2.09. The molecular formula is C16H23N5OS. The molecule has 1 saturated carbocycles. The maximum atomic E-state index is 12.0. The topological polar surface area (TPSA) is 85.8 Å². The standard InChI is InChI=1S/C16H23N5OS/c1-11-7-12(2)21(20-11)10-16(5-6-16)9-18-14(22)4-3-13-8-23-15(17)19-13/h7-8H,3-6,9-10H2,1-2H3,(H2,17,19)(H,18,22). The molecule has 0 radical (unpaired) electrons. The molecule has 0 saturated heterocycles. The second kappa shape index (κ2) is 6.31. The maximum Gasteiger partial charge on any atom is 0.220 e. The van der Waals surface area contributed by atoms with Gasteiger partial charge in [-0.2, -0.15) is 5.10 Å². The van der Waals surface area contributed by atoms with Crippen LogP contribution >= 0.6 is 11.3 Å². The summed E-state index contributed by atoms with van der Waals surface area (Å²) in [6.45, 7) is 5.70. The molecule has 1 aliphatic rings. The SMILES string of the molecule is Cc1cc(C)n(CC2(CNC(=O)CCc3csc(N)n3)CC2)n1. The van der Waals surface area contributed by atoms with E-state index in [1.54, 1.807) is 0 Å². The molecule has 0 spiro atoms. The lowest BCUT2D eigenvalue weighted by Gasteiger charge is -2.17. The zero-order chi connectivity index (χ0) is 16.4. The van der Waals surface area contributed by atoms with Crippen LogP contribution in [0.1, 0.15) is 36.3 Å². The first-order valence-corrected chi connectivity index (χ1v) is 8.81. The van der Waals surface area contributed by atoms with E-state index in [-0.39, 0.29) is 11.3 Å². The average molecular weight is 333 g/mol. The Morgan fingerprint density at radius 3 is 2.83 bits per heavy atom. The molecule has 1 aliphatic carbocycles. The highest BCUT2D eigenvalue weighted by Gasteiger charge is 2.43. The van der Waals surface area contributed by atoms with Crippen molar-refractivity contribution in [2.24, 2.45) is 5.41 Å². The summed E-state index contributed by atoms with van der Waals surface area (Å²) in [7, 11) is 0. The molecule has 0 bridgehead atoms. The van der Waals surface area contributed by atoms with Gasteiger partial charge in [-0.15, -0.1) is 11.3 Å². The fourth-order valence-corrected chi connectivity index (χ4v) is 3.37. The monoisotopic (exact) mass is 333 g/mol. The van der Waals surface area contributed by atoms with Gasteiger partial charge in [0.25, 0.3) is 0 Å². The normalized spacial score (nSPS) is 15.6. The Balaban J connectivity index is 1.45. The van der Waals surface area contributed by atoms with E-state index in [1.165, 1.54) is 17.0 Å². The summed E-state index contributed by atoms with van der Waals surface area (Å²) < 4.78 is 2.06. The summed E-state index contributed by atoms with van der Waals surface area (Å²) in [6.07, 6.45) is 3.39. The Labute approximate surface area is 140 Å². The second-order valence-corrected chi connectivity index (χ2v) is 7.43. The van der Waals surface area contributed by atoms with E-state index in [4.69, 9.17) is 5.73 Å². The Kier molecular flexibility index (Phi) is 4.39. The summed E-state index contributed by atoms with van der Waals surface area (Å²) >= 11 is 1.41. The molecule has 2 aromatic heterocycles. The fourth-order valence-electron chi connectivity index (χ4n) is 2.77. The third kappa shape index (κ3) is 4.10. The van der Waals surface area contributed by atoms with Crippen LogP contribution in [0.2, 0.25) is 0 Å².